The molecule has 0 unspecified atom stereocenters. The van der Waals surface area contributed by atoms with Gasteiger partial charge in [0.1, 0.15) is 0 Å². The second-order valence-electron chi connectivity index (χ2n) is 4.30. The fourth-order valence-corrected chi connectivity index (χ4v) is 2.85. The van der Waals surface area contributed by atoms with E-state index in [1.54, 1.807) is 6.92 Å². The predicted molar refractivity (Wildman–Crippen MR) is 72.7 cm³/mol. The van der Waals surface area contributed by atoms with Crippen molar-refractivity contribution in [1.82, 2.24) is 0 Å². The van der Waals surface area contributed by atoms with Gasteiger partial charge >= 0.3 is 0 Å². The SMILES string of the molecule is CCC[C@@H](C)S(=O)(=O)Nc1ccc(CC)cc1. The first-order valence-corrected chi connectivity index (χ1v) is 7.64. The molecule has 3 nitrogen and oxygen atoms in total. The van der Waals surface area contributed by atoms with Crippen LogP contribution < -0.4 is 4.72 Å². The molecule has 0 amide bonds. The predicted octanol–water partition coefficient (Wildman–Crippen LogP) is 3.18. The summed E-state index contributed by atoms with van der Waals surface area (Å²) in [6, 6.07) is 7.52. The van der Waals surface area contributed by atoms with E-state index in [1.165, 1.54) is 5.56 Å². The van der Waals surface area contributed by atoms with Crippen molar-refractivity contribution in [3.63, 3.8) is 0 Å². The van der Waals surface area contributed by atoms with Gasteiger partial charge in [0.25, 0.3) is 0 Å². The second kappa shape index (κ2) is 6.05. The Hall–Kier alpha value is -1.03. The first kappa shape index (κ1) is 14.0. The third-order valence-corrected chi connectivity index (χ3v) is 4.66. The molecule has 0 spiro atoms. The van der Waals surface area contributed by atoms with Crippen molar-refractivity contribution < 1.29 is 8.42 Å². The summed E-state index contributed by atoms with van der Waals surface area (Å²) in [6.07, 6.45) is 2.51. The highest BCUT2D eigenvalue weighted by atomic mass is 32.2. The molecular formula is C13H21NO2S. The van der Waals surface area contributed by atoms with Crippen molar-refractivity contribution in [2.24, 2.45) is 0 Å². The van der Waals surface area contributed by atoms with Gasteiger partial charge in [0.05, 0.1) is 5.25 Å². The standard InChI is InChI=1S/C13H21NO2S/c1-4-6-11(3)17(15,16)14-13-9-7-12(5-2)8-10-13/h7-11,14H,4-6H2,1-3H3/t11-/m1/s1. The fourth-order valence-electron chi connectivity index (χ4n) is 1.64. The third kappa shape index (κ3) is 4.04. The lowest BCUT2D eigenvalue weighted by atomic mass is 10.2. The van der Waals surface area contributed by atoms with Gasteiger partial charge in [-0.1, -0.05) is 32.4 Å². The number of hydrogen-bond acceptors (Lipinski definition) is 2. The summed E-state index contributed by atoms with van der Waals surface area (Å²) in [5, 5.41) is -0.349. The molecule has 0 bridgehead atoms. The molecule has 0 fully saturated rings. The minimum absolute atomic E-state index is 0.349. The number of nitrogens with one attached hydrogen (secondary N) is 1. The zero-order chi connectivity index (χ0) is 12.9. The zero-order valence-corrected chi connectivity index (χ0v) is 11.5. The van der Waals surface area contributed by atoms with Gasteiger partial charge in [-0.05, 0) is 37.5 Å². The van der Waals surface area contributed by atoms with Crippen LogP contribution in [0.3, 0.4) is 0 Å². The van der Waals surface area contributed by atoms with Crippen LogP contribution in [-0.2, 0) is 16.4 Å². The van der Waals surface area contributed by atoms with Crippen LogP contribution in [0.2, 0.25) is 0 Å². The molecule has 0 aliphatic heterocycles. The van der Waals surface area contributed by atoms with Gasteiger partial charge in [-0.25, -0.2) is 8.42 Å². The molecule has 4 heteroatoms. The van der Waals surface area contributed by atoms with E-state index in [9.17, 15) is 8.42 Å². The lowest BCUT2D eigenvalue weighted by Gasteiger charge is -2.14. The van der Waals surface area contributed by atoms with Gasteiger partial charge in [0.2, 0.25) is 10.0 Å². The van der Waals surface area contributed by atoms with Gasteiger partial charge in [-0.3, -0.25) is 4.72 Å². The molecule has 0 saturated carbocycles. The highest BCUT2D eigenvalue weighted by Gasteiger charge is 2.19. The minimum atomic E-state index is -3.25. The highest BCUT2D eigenvalue weighted by molar-refractivity contribution is 7.93. The summed E-state index contributed by atoms with van der Waals surface area (Å²) in [6.45, 7) is 5.80. The molecule has 17 heavy (non-hydrogen) atoms. The number of anilines is 1. The largest absolute Gasteiger partial charge is 0.283 e. The number of rotatable bonds is 6. The Morgan fingerprint density at radius 1 is 1.18 bits per heavy atom. The first-order valence-electron chi connectivity index (χ1n) is 6.10. The van der Waals surface area contributed by atoms with Crippen molar-refractivity contribution in [2.45, 2.75) is 45.3 Å². The molecule has 0 heterocycles. The Labute approximate surface area is 104 Å². The number of hydrogen-bond donors (Lipinski definition) is 1. The molecule has 0 aliphatic carbocycles. The number of sulfonamides is 1. The number of benzene rings is 1. The van der Waals surface area contributed by atoms with Crippen molar-refractivity contribution >= 4 is 15.7 Å². The minimum Gasteiger partial charge on any atom is -0.283 e. The zero-order valence-electron chi connectivity index (χ0n) is 10.7. The van der Waals surface area contributed by atoms with Crippen LogP contribution in [0.1, 0.15) is 39.2 Å². The molecule has 0 aromatic heterocycles. The normalized spacial score (nSPS) is 13.4. The second-order valence-corrected chi connectivity index (χ2v) is 6.40. The Kier molecular flexibility index (Phi) is 5.00. The van der Waals surface area contributed by atoms with E-state index in [-0.39, 0.29) is 5.25 Å². The van der Waals surface area contributed by atoms with Crippen molar-refractivity contribution in [2.75, 3.05) is 4.72 Å². The summed E-state index contributed by atoms with van der Waals surface area (Å²) in [5.74, 6) is 0. The van der Waals surface area contributed by atoms with E-state index in [0.29, 0.717) is 12.1 Å². The lowest BCUT2D eigenvalue weighted by Crippen LogP contribution is -2.25. The van der Waals surface area contributed by atoms with Crippen LogP contribution in [0.5, 0.6) is 0 Å². The van der Waals surface area contributed by atoms with E-state index in [2.05, 4.69) is 11.6 Å². The van der Waals surface area contributed by atoms with E-state index >= 15 is 0 Å². The Bertz CT molecular complexity index is 437. The average Bonchev–Trinajstić information content (AvgIpc) is 2.30. The maximum absolute atomic E-state index is 11.9. The topological polar surface area (TPSA) is 46.2 Å². The Morgan fingerprint density at radius 2 is 1.76 bits per heavy atom. The van der Waals surface area contributed by atoms with Crippen LogP contribution in [0.15, 0.2) is 24.3 Å². The van der Waals surface area contributed by atoms with E-state index in [0.717, 1.165) is 12.8 Å². The average molecular weight is 255 g/mol. The molecule has 1 aromatic rings. The summed E-state index contributed by atoms with van der Waals surface area (Å²) >= 11 is 0. The fraction of sp³-hybridized carbons (Fsp3) is 0.538. The highest BCUT2D eigenvalue weighted by Crippen LogP contribution is 2.15. The van der Waals surface area contributed by atoms with Gasteiger partial charge in [0.15, 0.2) is 0 Å². The molecule has 96 valence electrons. The third-order valence-electron chi connectivity index (χ3n) is 2.85. The van der Waals surface area contributed by atoms with Gasteiger partial charge in [-0.15, -0.1) is 0 Å². The molecule has 1 atom stereocenters. The Balaban J connectivity index is 2.75. The van der Waals surface area contributed by atoms with Gasteiger partial charge in [-0.2, -0.15) is 0 Å². The van der Waals surface area contributed by atoms with Crippen LogP contribution in [0.4, 0.5) is 5.69 Å². The van der Waals surface area contributed by atoms with E-state index < -0.39 is 10.0 Å². The molecule has 1 N–H and O–H groups in total. The summed E-state index contributed by atoms with van der Waals surface area (Å²) in [5.41, 5.74) is 1.85. The van der Waals surface area contributed by atoms with Crippen LogP contribution in [0.25, 0.3) is 0 Å². The Morgan fingerprint density at radius 3 is 2.24 bits per heavy atom. The molecule has 0 saturated heterocycles. The maximum Gasteiger partial charge on any atom is 0.235 e. The molecule has 0 radical (unpaired) electrons. The van der Waals surface area contributed by atoms with Crippen LogP contribution in [-0.4, -0.2) is 13.7 Å². The maximum atomic E-state index is 11.9. The molecule has 1 aromatic carbocycles. The van der Waals surface area contributed by atoms with Crippen LogP contribution in [0, 0.1) is 0 Å². The van der Waals surface area contributed by atoms with Crippen molar-refractivity contribution in [3.05, 3.63) is 29.8 Å². The number of aryl methyl sites for hydroxylation is 1. The molecule has 1 rings (SSSR count). The quantitative estimate of drug-likeness (QED) is 0.848. The molecular weight excluding hydrogens is 234 g/mol. The van der Waals surface area contributed by atoms with Crippen LogP contribution >= 0.6 is 0 Å². The summed E-state index contributed by atoms with van der Waals surface area (Å²) in [4.78, 5) is 0. The molecule has 0 aliphatic rings. The van der Waals surface area contributed by atoms with Gasteiger partial charge in [0, 0.05) is 5.69 Å². The van der Waals surface area contributed by atoms with Crippen molar-refractivity contribution in [3.8, 4) is 0 Å². The summed E-state index contributed by atoms with van der Waals surface area (Å²) in [7, 11) is -3.25. The smallest absolute Gasteiger partial charge is 0.235 e. The lowest BCUT2D eigenvalue weighted by molar-refractivity contribution is 0.581. The monoisotopic (exact) mass is 255 g/mol. The van der Waals surface area contributed by atoms with Gasteiger partial charge < -0.3 is 0 Å². The van der Waals surface area contributed by atoms with Crippen molar-refractivity contribution in [1.29, 1.82) is 0 Å². The summed E-state index contributed by atoms with van der Waals surface area (Å²) < 4.78 is 26.5. The van der Waals surface area contributed by atoms with E-state index in [4.69, 9.17) is 0 Å². The first-order chi connectivity index (χ1) is 7.99. The van der Waals surface area contributed by atoms with E-state index in [1.807, 2.05) is 31.2 Å².